The van der Waals surface area contributed by atoms with Gasteiger partial charge in [-0.1, -0.05) is 26.8 Å². The first-order chi connectivity index (χ1) is 12.1. The van der Waals surface area contributed by atoms with Crippen LogP contribution in [0, 0.1) is 0 Å². The molecule has 0 unspecified atom stereocenters. The van der Waals surface area contributed by atoms with E-state index in [-0.39, 0.29) is 23.3 Å². The Morgan fingerprint density at radius 1 is 1.00 bits per heavy atom. The average Bonchev–Trinajstić information content (AvgIpc) is 2.54. The van der Waals surface area contributed by atoms with Crippen LogP contribution in [0.3, 0.4) is 0 Å². The molecule has 0 bridgehead atoms. The van der Waals surface area contributed by atoms with Crippen molar-refractivity contribution in [3.05, 3.63) is 56.5 Å². The van der Waals surface area contributed by atoms with E-state index >= 15 is 0 Å². The van der Waals surface area contributed by atoms with Gasteiger partial charge in [-0.05, 0) is 73.2 Å². The van der Waals surface area contributed by atoms with E-state index in [1.165, 1.54) is 18.2 Å². The van der Waals surface area contributed by atoms with E-state index in [9.17, 15) is 9.59 Å². The summed E-state index contributed by atoms with van der Waals surface area (Å²) in [6.45, 7) is 6.06. The average molecular weight is 486 g/mol. The van der Waals surface area contributed by atoms with E-state index in [2.05, 4.69) is 52.6 Å². The van der Waals surface area contributed by atoms with Crippen LogP contribution < -0.4 is 9.47 Å². The van der Waals surface area contributed by atoms with Gasteiger partial charge in [0.15, 0.2) is 6.61 Å². The van der Waals surface area contributed by atoms with Crippen molar-refractivity contribution in [2.75, 3.05) is 6.61 Å². The Morgan fingerprint density at radius 3 is 2.15 bits per heavy atom. The molecule has 2 rings (SSSR count). The molecule has 0 aliphatic heterocycles. The lowest BCUT2D eigenvalue weighted by molar-refractivity contribution is -0.136. The standard InChI is InChI=1S/C19H18Br2O5/c1-19(2,3)12-5-7-15(14(21)9-12)25-10-17(22)26-16-6-4-11(18(23)24)8-13(16)20/h4-9H,10H2,1-3H3,(H,23,24). The van der Waals surface area contributed by atoms with Crippen LogP contribution in [0.4, 0.5) is 0 Å². The van der Waals surface area contributed by atoms with Crippen LogP contribution in [0.2, 0.25) is 0 Å². The number of carboxylic acids is 1. The lowest BCUT2D eigenvalue weighted by Gasteiger charge is -2.20. The van der Waals surface area contributed by atoms with Crippen LogP contribution >= 0.6 is 31.9 Å². The van der Waals surface area contributed by atoms with Crippen molar-refractivity contribution in [1.82, 2.24) is 0 Å². The fourth-order valence-corrected chi connectivity index (χ4v) is 3.04. The zero-order valence-electron chi connectivity index (χ0n) is 14.5. The molecule has 0 heterocycles. The summed E-state index contributed by atoms with van der Waals surface area (Å²) in [4.78, 5) is 22.9. The fraction of sp³-hybridized carbons (Fsp3) is 0.263. The van der Waals surface area contributed by atoms with Crippen LogP contribution in [0.15, 0.2) is 45.3 Å². The van der Waals surface area contributed by atoms with Gasteiger partial charge in [0.2, 0.25) is 0 Å². The Labute approximate surface area is 168 Å². The lowest BCUT2D eigenvalue weighted by atomic mass is 9.87. The molecule has 0 saturated carbocycles. The number of hydrogen-bond acceptors (Lipinski definition) is 4. The van der Waals surface area contributed by atoms with Crippen molar-refractivity contribution in [1.29, 1.82) is 0 Å². The third kappa shape index (κ3) is 5.32. The molecule has 1 N–H and O–H groups in total. The number of halogens is 2. The van der Waals surface area contributed by atoms with Gasteiger partial charge in [0.1, 0.15) is 11.5 Å². The highest BCUT2D eigenvalue weighted by Gasteiger charge is 2.16. The quantitative estimate of drug-likeness (QED) is 0.466. The minimum atomic E-state index is -1.06. The first kappa shape index (κ1) is 20.5. The Balaban J connectivity index is 2.00. The van der Waals surface area contributed by atoms with Crippen LogP contribution in [0.1, 0.15) is 36.7 Å². The van der Waals surface area contributed by atoms with Crippen molar-refractivity contribution in [3.8, 4) is 11.5 Å². The monoisotopic (exact) mass is 484 g/mol. The second-order valence-electron chi connectivity index (χ2n) is 6.61. The van der Waals surface area contributed by atoms with Gasteiger partial charge >= 0.3 is 11.9 Å². The van der Waals surface area contributed by atoms with Crippen molar-refractivity contribution >= 4 is 43.8 Å². The van der Waals surface area contributed by atoms with Gasteiger partial charge in [0.25, 0.3) is 0 Å². The number of benzene rings is 2. The third-order valence-corrected chi connectivity index (χ3v) is 4.79. The topological polar surface area (TPSA) is 72.8 Å². The van der Waals surface area contributed by atoms with Gasteiger partial charge in [-0.15, -0.1) is 0 Å². The summed E-state index contributed by atoms with van der Waals surface area (Å²) in [6, 6.07) is 9.86. The van der Waals surface area contributed by atoms with Crippen molar-refractivity contribution in [3.63, 3.8) is 0 Å². The molecule has 2 aromatic carbocycles. The van der Waals surface area contributed by atoms with Gasteiger partial charge < -0.3 is 14.6 Å². The summed E-state index contributed by atoms with van der Waals surface area (Å²) in [7, 11) is 0. The maximum atomic E-state index is 12.0. The summed E-state index contributed by atoms with van der Waals surface area (Å²) in [5.74, 6) is -0.892. The molecule has 0 aliphatic rings. The van der Waals surface area contributed by atoms with Crippen LogP contribution in [-0.4, -0.2) is 23.7 Å². The number of hydrogen-bond donors (Lipinski definition) is 1. The first-order valence-corrected chi connectivity index (χ1v) is 9.33. The summed E-state index contributed by atoms with van der Waals surface area (Å²) in [5, 5.41) is 8.93. The highest BCUT2D eigenvalue weighted by atomic mass is 79.9. The summed E-state index contributed by atoms with van der Waals surface area (Å²) < 4.78 is 11.8. The zero-order valence-corrected chi connectivity index (χ0v) is 17.7. The second kappa shape index (κ2) is 8.22. The largest absolute Gasteiger partial charge is 0.481 e. The molecule has 0 spiro atoms. The van der Waals surface area contributed by atoms with Crippen LogP contribution in [0.5, 0.6) is 11.5 Å². The fourth-order valence-electron chi connectivity index (χ4n) is 2.09. The van der Waals surface area contributed by atoms with Gasteiger partial charge in [0.05, 0.1) is 14.5 Å². The molecule has 0 saturated heterocycles. The van der Waals surface area contributed by atoms with Crippen LogP contribution in [-0.2, 0) is 10.2 Å². The highest BCUT2D eigenvalue weighted by molar-refractivity contribution is 9.10. The van der Waals surface area contributed by atoms with Crippen molar-refractivity contribution < 1.29 is 24.2 Å². The van der Waals surface area contributed by atoms with Gasteiger partial charge in [-0.2, -0.15) is 0 Å². The number of carboxylic acid groups (broad SMARTS) is 1. The minimum absolute atomic E-state index is 0.00831. The molecule has 5 nitrogen and oxygen atoms in total. The number of esters is 1. The first-order valence-electron chi connectivity index (χ1n) is 7.74. The molecule has 138 valence electrons. The molecular weight excluding hydrogens is 468 g/mol. The number of rotatable bonds is 5. The van der Waals surface area contributed by atoms with Gasteiger partial charge in [0, 0.05) is 0 Å². The molecular formula is C19H18Br2O5. The molecule has 0 radical (unpaired) electrons. The number of carbonyl (C=O) groups excluding carboxylic acids is 1. The molecule has 0 aliphatic carbocycles. The molecule has 2 aromatic rings. The molecule has 0 aromatic heterocycles. The highest BCUT2D eigenvalue weighted by Crippen LogP contribution is 2.31. The maximum absolute atomic E-state index is 12.0. The smallest absolute Gasteiger partial charge is 0.349 e. The molecule has 0 amide bonds. The number of ether oxygens (including phenoxy) is 2. The third-order valence-electron chi connectivity index (χ3n) is 3.55. The number of carbonyl (C=O) groups is 2. The molecule has 0 fully saturated rings. The number of aromatic carboxylic acids is 1. The van der Waals surface area contributed by atoms with E-state index in [0.717, 1.165) is 10.0 Å². The van der Waals surface area contributed by atoms with Crippen molar-refractivity contribution in [2.45, 2.75) is 26.2 Å². The van der Waals surface area contributed by atoms with Gasteiger partial charge in [-0.25, -0.2) is 9.59 Å². The SMILES string of the molecule is CC(C)(C)c1ccc(OCC(=O)Oc2ccc(C(=O)O)cc2Br)c(Br)c1. The van der Waals surface area contributed by atoms with Crippen LogP contribution in [0.25, 0.3) is 0 Å². The summed E-state index contributed by atoms with van der Waals surface area (Å²) in [5.41, 5.74) is 1.24. The van der Waals surface area contributed by atoms with E-state index in [1.54, 1.807) is 6.07 Å². The van der Waals surface area contributed by atoms with E-state index in [0.29, 0.717) is 10.2 Å². The Bertz CT molecular complexity index is 840. The molecule has 0 atom stereocenters. The van der Waals surface area contributed by atoms with Crippen molar-refractivity contribution in [2.24, 2.45) is 0 Å². The van der Waals surface area contributed by atoms with E-state index in [1.807, 2.05) is 12.1 Å². The maximum Gasteiger partial charge on any atom is 0.349 e. The minimum Gasteiger partial charge on any atom is -0.481 e. The molecule has 26 heavy (non-hydrogen) atoms. The Kier molecular flexibility index (Phi) is 6.47. The second-order valence-corrected chi connectivity index (χ2v) is 8.32. The predicted molar refractivity (Wildman–Crippen MR) is 105 cm³/mol. The Hall–Kier alpha value is -1.86. The van der Waals surface area contributed by atoms with Gasteiger partial charge in [-0.3, -0.25) is 0 Å². The van der Waals surface area contributed by atoms with E-state index < -0.39 is 11.9 Å². The Morgan fingerprint density at radius 2 is 1.62 bits per heavy atom. The zero-order chi connectivity index (χ0) is 19.5. The lowest BCUT2D eigenvalue weighted by Crippen LogP contribution is -2.18. The van der Waals surface area contributed by atoms with E-state index in [4.69, 9.17) is 14.6 Å². The predicted octanol–water partition coefficient (Wildman–Crippen LogP) is 5.19. The normalized spacial score (nSPS) is 11.1. The summed E-state index contributed by atoms with van der Waals surface area (Å²) >= 11 is 6.64. The summed E-state index contributed by atoms with van der Waals surface area (Å²) in [6.07, 6.45) is 0. The molecule has 7 heteroatoms.